The van der Waals surface area contributed by atoms with Gasteiger partial charge in [-0.2, -0.15) is 13.2 Å². The number of allylic oxidation sites excluding steroid dienone is 1. The van der Waals surface area contributed by atoms with Crippen LogP contribution in [0.25, 0.3) is 22.2 Å². The zero-order chi connectivity index (χ0) is 25.0. The molecule has 2 aromatic carbocycles. The van der Waals surface area contributed by atoms with Gasteiger partial charge in [-0.1, -0.05) is 61.2 Å². The number of fused-ring (bicyclic) bond motifs is 1. The van der Waals surface area contributed by atoms with Crippen molar-refractivity contribution in [2.75, 3.05) is 0 Å². The Hall–Kier alpha value is -4.20. The van der Waals surface area contributed by atoms with Crippen LogP contribution in [0, 0.1) is 0 Å². The molecule has 8 heteroatoms. The summed E-state index contributed by atoms with van der Waals surface area (Å²) >= 11 is 0. The van der Waals surface area contributed by atoms with Crippen molar-refractivity contribution in [3.05, 3.63) is 102 Å². The van der Waals surface area contributed by atoms with E-state index in [1.165, 1.54) is 0 Å². The van der Waals surface area contributed by atoms with Gasteiger partial charge < -0.3 is 9.72 Å². The third-order valence-electron chi connectivity index (χ3n) is 5.46. The number of ketones is 1. The molecule has 5 nitrogen and oxygen atoms in total. The van der Waals surface area contributed by atoms with Gasteiger partial charge in [-0.15, -0.1) is 0 Å². The van der Waals surface area contributed by atoms with Gasteiger partial charge in [0, 0.05) is 29.8 Å². The molecule has 0 aliphatic carbocycles. The second-order valence-electron chi connectivity index (χ2n) is 8.04. The molecule has 178 valence electrons. The summed E-state index contributed by atoms with van der Waals surface area (Å²) in [4.78, 5) is 31.7. The SMILES string of the molecule is C=C(C(=O)Cc1cccc(-c2c[nH]c3ncc(CC(=O)OCc4ccccc4)cc23)c1)C(F)(F)F. The number of aromatic nitrogens is 2. The van der Waals surface area contributed by atoms with Crippen LogP contribution >= 0.6 is 0 Å². The molecule has 0 unspecified atom stereocenters. The van der Waals surface area contributed by atoms with Gasteiger partial charge in [-0.05, 0) is 28.3 Å². The smallest absolute Gasteiger partial charge is 0.419 e. The van der Waals surface area contributed by atoms with Crippen molar-refractivity contribution in [1.82, 2.24) is 9.97 Å². The number of ether oxygens (including phenoxy) is 1. The summed E-state index contributed by atoms with van der Waals surface area (Å²) in [6, 6.07) is 17.9. The van der Waals surface area contributed by atoms with E-state index in [1.54, 1.807) is 36.7 Å². The van der Waals surface area contributed by atoms with E-state index in [0.717, 1.165) is 16.5 Å². The minimum Gasteiger partial charge on any atom is -0.461 e. The Labute approximate surface area is 199 Å². The van der Waals surface area contributed by atoms with Crippen molar-refractivity contribution in [3.8, 4) is 11.1 Å². The van der Waals surface area contributed by atoms with Gasteiger partial charge in [0.25, 0.3) is 0 Å². The molecule has 0 fully saturated rings. The molecular formula is C27H21F3N2O3. The number of benzene rings is 2. The maximum absolute atomic E-state index is 12.8. The highest BCUT2D eigenvalue weighted by atomic mass is 19.4. The highest BCUT2D eigenvalue weighted by Crippen LogP contribution is 2.30. The number of rotatable bonds is 8. The highest BCUT2D eigenvalue weighted by Gasteiger charge is 2.36. The summed E-state index contributed by atoms with van der Waals surface area (Å²) in [5, 5.41) is 0.738. The molecule has 0 aliphatic rings. The van der Waals surface area contributed by atoms with Crippen LogP contribution in [-0.4, -0.2) is 27.9 Å². The second-order valence-corrected chi connectivity index (χ2v) is 8.04. The molecule has 1 N–H and O–H groups in total. The molecular weight excluding hydrogens is 457 g/mol. The van der Waals surface area contributed by atoms with Gasteiger partial charge in [0.05, 0.1) is 12.0 Å². The van der Waals surface area contributed by atoms with Gasteiger partial charge >= 0.3 is 12.1 Å². The first-order valence-corrected chi connectivity index (χ1v) is 10.7. The predicted octanol–water partition coefficient (Wildman–Crippen LogP) is 5.75. The van der Waals surface area contributed by atoms with E-state index in [4.69, 9.17) is 4.74 Å². The molecule has 2 heterocycles. The summed E-state index contributed by atoms with van der Waals surface area (Å²) in [5.41, 5.74) is 2.64. The molecule has 2 aromatic heterocycles. The van der Waals surface area contributed by atoms with E-state index in [0.29, 0.717) is 22.3 Å². The Bertz CT molecular complexity index is 1390. The Kier molecular flexibility index (Phi) is 6.82. The number of pyridine rings is 1. The summed E-state index contributed by atoms with van der Waals surface area (Å²) in [6.07, 6.45) is -1.81. The van der Waals surface area contributed by atoms with Crippen LogP contribution in [0.2, 0.25) is 0 Å². The molecule has 0 aliphatic heterocycles. The van der Waals surface area contributed by atoms with Crippen molar-refractivity contribution in [1.29, 1.82) is 0 Å². The maximum atomic E-state index is 12.8. The van der Waals surface area contributed by atoms with Crippen LogP contribution in [0.4, 0.5) is 13.2 Å². The van der Waals surface area contributed by atoms with Crippen LogP contribution in [0.1, 0.15) is 16.7 Å². The van der Waals surface area contributed by atoms with Crippen LogP contribution in [0.5, 0.6) is 0 Å². The van der Waals surface area contributed by atoms with Crippen molar-refractivity contribution >= 4 is 22.8 Å². The Morgan fingerprint density at radius 1 is 0.943 bits per heavy atom. The Balaban J connectivity index is 1.51. The van der Waals surface area contributed by atoms with Crippen molar-refractivity contribution < 1.29 is 27.5 Å². The van der Waals surface area contributed by atoms with E-state index in [1.807, 2.05) is 36.4 Å². The molecule has 0 spiro atoms. The fourth-order valence-electron chi connectivity index (χ4n) is 3.64. The average Bonchev–Trinajstić information content (AvgIpc) is 3.26. The first-order valence-electron chi connectivity index (χ1n) is 10.7. The van der Waals surface area contributed by atoms with Crippen molar-refractivity contribution in [2.45, 2.75) is 25.6 Å². The molecule has 0 saturated carbocycles. The summed E-state index contributed by atoms with van der Waals surface area (Å²) in [7, 11) is 0. The Morgan fingerprint density at radius 2 is 1.69 bits per heavy atom. The summed E-state index contributed by atoms with van der Waals surface area (Å²) in [5.74, 6) is -1.47. The fourth-order valence-corrected chi connectivity index (χ4v) is 3.64. The fraction of sp³-hybridized carbons (Fsp3) is 0.148. The lowest BCUT2D eigenvalue weighted by molar-refractivity contribution is -0.144. The average molecular weight is 478 g/mol. The number of hydrogen-bond donors (Lipinski definition) is 1. The van der Waals surface area contributed by atoms with E-state index >= 15 is 0 Å². The highest BCUT2D eigenvalue weighted by molar-refractivity contribution is 5.98. The second kappa shape index (κ2) is 9.97. The van der Waals surface area contributed by atoms with Gasteiger partial charge in [0.2, 0.25) is 0 Å². The zero-order valence-corrected chi connectivity index (χ0v) is 18.6. The zero-order valence-electron chi connectivity index (χ0n) is 18.6. The monoisotopic (exact) mass is 478 g/mol. The molecule has 0 radical (unpaired) electrons. The van der Waals surface area contributed by atoms with E-state index in [9.17, 15) is 22.8 Å². The molecule has 35 heavy (non-hydrogen) atoms. The van der Waals surface area contributed by atoms with Crippen LogP contribution in [0.3, 0.4) is 0 Å². The van der Waals surface area contributed by atoms with Gasteiger partial charge in [0.1, 0.15) is 12.3 Å². The topological polar surface area (TPSA) is 72.0 Å². The number of hydrogen-bond acceptors (Lipinski definition) is 4. The number of esters is 1. The van der Waals surface area contributed by atoms with Gasteiger partial charge in [0.15, 0.2) is 5.78 Å². The standard InChI is InChI=1S/C27H21F3N2O3/c1-17(27(28,29)30)24(33)12-19-8-5-9-21(10-19)23-15-32-26-22(23)11-20(14-31-26)13-25(34)35-16-18-6-3-2-4-7-18/h2-11,14-15H,1,12-13,16H2,(H,31,32). The number of nitrogens with one attached hydrogen (secondary N) is 1. The first kappa shape index (κ1) is 23.9. The molecule has 0 bridgehead atoms. The maximum Gasteiger partial charge on any atom is 0.419 e. The molecule has 4 rings (SSSR count). The third kappa shape index (κ3) is 5.84. The number of carbonyl (C=O) groups excluding carboxylic acids is 2. The minimum absolute atomic E-state index is 0.0362. The number of carbonyl (C=O) groups is 2. The lowest BCUT2D eigenvalue weighted by atomic mass is 9.98. The quantitative estimate of drug-likeness (QED) is 0.259. The molecule has 4 aromatic rings. The molecule has 0 amide bonds. The number of nitrogens with zero attached hydrogens (tertiary/aromatic N) is 1. The normalized spacial score (nSPS) is 11.4. The van der Waals surface area contributed by atoms with E-state index in [2.05, 4.69) is 16.5 Å². The number of aromatic amines is 1. The first-order chi connectivity index (χ1) is 16.7. The lowest BCUT2D eigenvalue weighted by Crippen LogP contribution is -2.20. The van der Waals surface area contributed by atoms with E-state index in [-0.39, 0.29) is 13.0 Å². The number of alkyl halides is 3. The number of Topliss-reactive ketones (excluding diaryl/α,β-unsaturated/α-hetero) is 1. The van der Waals surface area contributed by atoms with Crippen molar-refractivity contribution in [2.24, 2.45) is 0 Å². The van der Waals surface area contributed by atoms with Crippen LogP contribution in [0.15, 0.2) is 85.2 Å². The van der Waals surface area contributed by atoms with Crippen molar-refractivity contribution in [3.63, 3.8) is 0 Å². The Morgan fingerprint density at radius 3 is 2.43 bits per heavy atom. The molecule has 0 saturated heterocycles. The third-order valence-corrected chi connectivity index (χ3v) is 5.46. The minimum atomic E-state index is -4.75. The predicted molar refractivity (Wildman–Crippen MR) is 125 cm³/mol. The van der Waals surface area contributed by atoms with Gasteiger partial charge in [-0.25, -0.2) is 4.98 Å². The lowest BCUT2D eigenvalue weighted by Gasteiger charge is -2.09. The van der Waals surface area contributed by atoms with E-state index < -0.39 is 29.9 Å². The number of H-pyrrole nitrogens is 1. The largest absolute Gasteiger partial charge is 0.461 e. The van der Waals surface area contributed by atoms with Crippen LogP contribution < -0.4 is 0 Å². The van der Waals surface area contributed by atoms with Crippen LogP contribution in [-0.2, 0) is 33.8 Å². The number of halogens is 3. The van der Waals surface area contributed by atoms with Gasteiger partial charge in [-0.3, -0.25) is 9.59 Å². The molecule has 0 atom stereocenters. The summed E-state index contributed by atoms with van der Waals surface area (Å²) < 4.78 is 43.7. The summed E-state index contributed by atoms with van der Waals surface area (Å²) in [6.45, 7) is 3.05.